The Morgan fingerprint density at radius 3 is 1.89 bits per heavy atom. The molecule has 6 heteroatoms. The summed E-state index contributed by atoms with van der Waals surface area (Å²) in [5.74, 6) is -0.375. The molecule has 0 aromatic heterocycles. The Morgan fingerprint density at radius 2 is 1.56 bits per heavy atom. The predicted octanol–water partition coefficient (Wildman–Crippen LogP) is 2.65. The molecule has 0 bridgehead atoms. The van der Waals surface area contributed by atoms with E-state index in [2.05, 4.69) is 6.58 Å². The van der Waals surface area contributed by atoms with Gasteiger partial charge in [0.2, 0.25) is 0 Å². The van der Waals surface area contributed by atoms with Gasteiger partial charge in [-0.3, -0.25) is 0 Å². The second kappa shape index (κ2) is 11.4. The summed E-state index contributed by atoms with van der Waals surface area (Å²) in [6.45, 7) is 5.42. The lowest BCUT2D eigenvalue weighted by atomic mass is 10.4. The minimum Gasteiger partial charge on any atom is -0.462 e. The van der Waals surface area contributed by atoms with Gasteiger partial charge in [-0.1, -0.05) is 21.4 Å². The van der Waals surface area contributed by atoms with Crippen molar-refractivity contribution in [2.75, 3.05) is 27.9 Å². The van der Waals surface area contributed by atoms with Crippen molar-refractivity contribution in [1.29, 1.82) is 0 Å². The van der Waals surface area contributed by atoms with Gasteiger partial charge in [-0.15, -0.1) is 0 Å². The number of esters is 1. The van der Waals surface area contributed by atoms with Crippen LogP contribution >= 0.6 is 0 Å². The lowest BCUT2D eigenvalue weighted by Crippen LogP contribution is -2.42. The average molecular weight is 280 g/mol. The Balaban J connectivity index is -0.00000112. The summed E-state index contributed by atoms with van der Waals surface area (Å²) >= 11 is 0. The summed E-state index contributed by atoms with van der Waals surface area (Å²) in [6, 6.07) is 0.611. The summed E-state index contributed by atoms with van der Waals surface area (Å²) in [4.78, 5) is 11.1. The summed E-state index contributed by atoms with van der Waals surface area (Å²) < 4.78 is 20.6. The molecule has 0 spiro atoms. The number of hydrogen-bond donors (Lipinski definition) is 0. The van der Waals surface area contributed by atoms with E-state index in [0.717, 1.165) is 0 Å². The maximum atomic E-state index is 11.1. The zero-order valence-corrected chi connectivity index (χ0v) is 11.4. The fourth-order valence-corrected chi connectivity index (χ4v) is 2.82. The van der Waals surface area contributed by atoms with Gasteiger partial charge in [-0.2, -0.15) is 0 Å². The van der Waals surface area contributed by atoms with Gasteiger partial charge in [-0.25, -0.2) is 4.79 Å². The van der Waals surface area contributed by atoms with E-state index in [0.29, 0.717) is 24.6 Å². The lowest BCUT2D eigenvalue weighted by Gasteiger charge is -2.24. The summed E-state index contributed by atoms with van der Waals surface area (Å²) in [6.07, 6.45) is 0.640. The Bertz CT molecular complexity index is 230. The normalized spacial score (nSPS) is 10.0. The fourth-order valence-electron chi connectivity index (χ4n) is 1.13. The van der Waals surface area contributed by atoms with E-state index in [9.17, 15) is 4.79 Å². The molecule has 0 atom stereocenters. The summed E-state index contributed by atoms with van der Waals surface area (Å²) in [5.41, 5.74) is 0.397. The molecule has 0 aliphatic carbocycles. The quantitative estimate of drug-likeness (QED) is 0.296. The van der Waals surface area contributed by atoms with Crippen LogP contribution in [-0.2, 0) is 22.8 Å². The monoisotopic (exact) mass is 280 g/mol. The van der Waals surface area contributed by atoms with Crippen LogP contribution in [-0.4, -0.2) is 42.7 Å². The predicted molar refractivity (Wildman–Crippen MR) is 75.4 cm³/mol. The number of hydrogen-bond acceptors (Lipinski definition) is 5. The Labute approximate surface area is 112 Å². The molecule has 0 aromatic rings. The van der Waals surface area contributed by atoms with Crippen molar-refractivity contribution >= 4 is 14.8 Å². The molecular weight excluding hydrogens is 252 g/mol. The summed E-state index contributed by atoms with van der Waals surface area (Å²) in [7, 11) is 2.13. The molecule has 0 fully saturated rings. The van der Waals surface area contributed by atoms with Gasteiger partial charge in [0.25, 0.3) is 0 Å². The zero-order chi connectivity index (χ0) is 12.6. The van der Waals surface area contributed by atoms with Crippen LogP contribution in [0.5, 0.6) is 0 Å². The zero-order valence-electron chi connectivity index (χ0n) is 10.4. The Kier molecular flexibility index (Phi) is 14.2. The smallest absolute Gasteiger partial charge is 0.462 e. The molecule has 0 rings (SSSR count). The van der Waals surface area contributed by atoms with Gasteiger partial charge in [0.15, 0.2) is 0 Å². The average Bonchev–Trinajstić information content (AvgIpc) is 2.30. The first kappa shape index (κ1) is 22.5. The molecule has 0 saturated carbocycles. The standard InChI is InChI=1S/C10H20O5Si.2CH4/c1-9(2)10(11)15-7-6-8-16(12-3,13-4)14-5;;/h1,6-8H2,2-5H3;2*1H4. The molecule has 0 aromatic carbocycles. The van der Waals surface area contributed by atoms with E-state index in [-0.39, 0.29) is 20.8 Å². The van der Waals surface area contributed by atoms with Crippen LogP contribution < -0.4 is 0 Å². The fraction of sp³-hybridized carbons (Fsp3) is 0.750. The highest BCUT2D eigenvalue weighted by atomic mass is 28.4. The molecule has 0 aliphatic heterocycles. The highest BCUT2D eigenvalue weighted by molar-refractivity contribution is 6.60. The molecule has 110 valence electrons. The third-order valence-corrected chi connectivity index (χ3v) is 4.97. The third-order valence-electron chi connectivity index (χ3n) is 2.14. The molecule has 5 nitrogen and oxygen atoms in total. The topological polar surface area (TPSA) is 54.0 Å². The first-order valence-electron chi connectivity index (χ1n) is 4.99. The highest BCUT2D eigenvalue weighted by Crippen LogP contribution is 2.14. The SMILES string of the molecule is C.C.C=C(C)C(=O)OCCC[Si](OC)(OC)OC. The number of rotatable bonds is 8. The largest absolute Gasteiger partial charge is 0.500 e. The number of ether oxygens (including phenoxy) is 1. The maximum absolute atomic E-state index is 11.1. The van der Waals surface area contributed by atoms with Crippen molar-refractivity contribution in [3.63, 3.8) is 0 Å². The molecule has 0 unspecified atom stereocenters. The van der Waals surface area contributed by atoms with E-state index >= 15 is 0 Å². The van der Waals surface area contributed by atoms with Gasteiger partial charge in [-0.05, 0) is 13.3 Å². The van der Waals surface area contributed by atoms with E-state index in [4.69, 9.17) is 18.0 Å². The van der Waals surface area contributed by atoms with Crippen LogP contribution in [0.3, 0.4) is 0 Å². The Hall–Kier alpha value is -0.693. The summed E-state index contributed by atoms with van der Waals surface area (Å²) in [5, 5.41) is 0. The van der Waals surface area contributed by atoms with Crippen molar-refractivity contribution in [2.45, 2.75) is 34.2 Å². The highest BCUT2D eigenvalue weighted by Gasteiger charge is 2.36. The van der Waals surface area contributed by atoms with Crippen LogP contribution in [0.15, 0.2) is 12.2 Å². The molecular formula is C12H28O5Si. The van der Waals surface area contributed by atoms with Crippen LogP contribution in [0.4, 0.5) is 0 Å². The third kappa shape index (κ3) is 7.60. The van der Waals surface area contributed by atoms with E-state index in [1.54, 1.807) is 28.3 Å². The first-order chi connectivity index (χ1) is 7.51. The molecule has 0 saturated heterocycles. The maximum Gasteiger partial charge on any atom is 0.500 e. The van der Waals surface area contributed by atoms with Gasteiger partial charge in [0.05, 0.1) is 6.61 Å². The van der Waals surface area contributed by atoms with Crippen molar-refractivity contribution < 1.29 is 22.8 Å². The van der Waals surface area contributed by atoms with E-state index in [1.165, 1.54) is 0 Å². The van der Waals surface area contributed by atoms with Gasteiger partial charge >= 0.3 is 14.8 Å². The number of carbonyl (C=O) groups excluding carboxylic acids is 1. The van der Waals surface area contributed by atoms with Gasteiger partial charge < -0.3 is 18.0 Å². The second-order valence-electron chi connectivity index (χ2n) is 3.32. The van der Waals surface area contributed by atoms with Gasteiger partial charge in [0.1, 0.15) is 0 Å². The molecule has 0 radical (unpaired) electrons. The molecule has 0 heterocycles. The Morgan fingerprint density at radius 1 is 1.11 bits per heavy atom. The van der Waals surface area contributed by atoms with Gasteiger partial charge in [0, 0.05) is 32.9 Å². The van der Waals surface area contributed by atoms with Crippen LogP contribution in [0.25, 0.3) is 0 Å². The second-order valence-corrected chi connectivity index (χ2v) is 6.41. The lowest BCUT2D eigenvalue weighted by molar-refractivity contribution is -0.139. The molecule has 18 heavy (non-hydrogen) atoms. The first-order valence-corrected chi connectivity index (χ1v) is 6.92. The van der Waals surface area contributed by atoms with E-state index < -0.39 is 8.80 Å². The van der Waals surface area contributed by atoms with E-state index in [1.807, 2.05) is 0 Å². The van der Waals surface area contributed by atoms with Crippen molar-refractivity contribution in [3.8, 4) is 0 Å². The van der Waals surface area contributed by atoms with Crippen molar-refractivity contribution in [3.05, 3.63) is 12.2 Å². The minimum atomic E-state index is -2.53. The number of carbonyl (C=O) groups is 1. The molecule has 0 N–H and O–H groups in total. The molecule has 0 amide bonds. The van der Waals surface area contributed by atoms with Crippen LogP contribution in [0.1, 0.15) is 28.2 Å². The molecule has 0 aliphatic rings. The van der Waals surface area contributed by atoms with Crippen LogP contribution in [0.2, 0.25) is 6.04 Å². The van der Waals surface area contributed by atoms with Crippen molar-refractivity contribution in [2.24, 2.45) is 0 Å². The van der Waals surface area contributed by atoms with Crippen LogP contribution in [0, 0.1) is 0 Å². The minimum absolute atomic E-state index is 0. The van der Waals surface area contributed by atoms with Crippen molar-refractivity contribution in [1.82, 2.24) is 0 Å².